The summed E-state index contributed by atoms with van der Waals surface area (Å²) in [5.41, 5.74) is 2.49. The van der Waals surface area contributed by atoms with E-state index < -0.39 is 11.9 Å². The van der Waals surface area contributed by atoms with Crippen LogP contribution < -0.4 is 9.64 Å². The van der Waals surface area contributed by atoms with Crippen LogP contribution in [0, 0.1) is 12.8 Å². The van der Waals surface area contributed by atoms with Crippen LogP contribution in [0.5, 0.6) is 5.75 Å². The molecular weight excluding hydrogens is 385 g/mol. The number of anilines is 1. The van der Waals surface area contributed by atoms with E-state index in [9.17, 15) is 9.59 Å². The largest absolute Gasteiger partial charge is 0.426 e. The Hall–Kier alpha value is -2.04. The van der Waals surface area contributed by atoms with Crippen molar-refractivity contribution < 1.29 is 14.3 Å². The fraction of sp³-hybridized carbons (Fsp3) is 0.333. The SMILES string of the molecule is Cc1ccc(C(C)C)c(OC(=O)[C@H]2CC(=O)N(c3cccc(Cl)c3Cl)C2)c1. The molecule has 0 bridgehead atoms. The van der Waals surface area contributed by atoms with Gasteiger partial charge in [-0.1, -0.05) is 55.2 Å². The lowest BCUT2D eigenvalue weighted by Gasteiger charge is -2.19. The van der Waals surface area contributed by atoms with Gasteiger partial charge in [-0.25, -0.2) is 0 Å². The minimum atomic E-state index is -0.548. The molecule has 2 aromatic rings. The Labute approximate surface area is 169 Å². The zero-order valence-electron chi connectivity index (χ0n) is 15.5. The summed E-state index contributed by atoms with van der Waals surface area (Å²) in [6, 6.07) is 10.9. The quantitative estimate of drug-likeness (QED) is 0.506. The Bertz CT molecular complexity index is 895. The fourth-order valence-corrected chi connectivity index (χ4v) is 3.60. The molecule has 1 amide bonds. The predicted molar refractivity (Wildman–Crippen MR) is 108 cm³/mol. The zero-order chi connectivity index (χ0) is 19.7. The molecule has 1 fully saturated rings. The molecule has 1 heterocycles. The van der Waals surface area contributed by atoms with Crippen LogP contribution in [0.3, 0.4) is 0 Å². The van der Waals surface area contributed by atoms with E-state index in [1.54, 1.807) is 18.2 Å². The predicted octanol–water partition coefficient (Wildman–Crippen LogP) is 5.38. The zero-order valence-corrected chi connectivity index (χ0v) is 17.0. The van der Waals surface area contributed by atoms with E-state index in [2.05, 4.69) is 0 Å². The molecule has 1 aliphatic rings. The van der Waals surface area contributed by atoms with Gasteiger partial charge in [0.05, 0.1) is 21.7 Å². The molecule has 0 unspecified atom stereocenters. The van der Waals surface area contributed by atoms with E-state index in [1.807, 2.05) is 39.0 Å². The summed E-state index contributed by atoms with van der Waals surface area (Å²) < 4.78 is 5.68. The summed E-state index contributed by atoms with van der Waals surface area (Å²) in [7, 11) is 0. The van der Waals surface area contributed by atoms with Gasteiger partial charge in [-0.05, 0) is 42.2 Å². The number of halogens is 2. The van der Waals surface area contributed by atoms with Crippen LogP contribution in [0.25, 0.3) is 0 Å². The van der Waals surface area contributed by atoms with Crippen molar-refractivity contribution in [1.29, 1.82) is 0 Å². The van der Waals surface area contributed by atoms with E-state index in [0.29, 0.717) is 21.5 Å². The van der Waals surface area contributed by atoms with Gasteiger partial charge in [0.15, 0.2) is 0 Å². The minimum absolute atomic E-state index is 0.0878. The van der Waals surface area contributed by atoms with Crippen molar-refractivity contribution in [1.82, 2.24) is 0 Å². The maximum absolute atomic E-state index is 12.7. The molecule has 1 atom stereocenters. The summed E-state index contributed by atoms with van der Waals surface area (Å²) in [5, 5.41) is 0.677. The molecule has 142 valence electrons. The summed E-state index contributed by atoms with van der Waals surface area (Å²) in [4.78, 5) is 26.7. The number of aryl methyl sites for hydroxylation is 1. The molecule has 2 aromatic carbocycles. The van der Waals surface area contributed by atoms with E-state index in [-0.39, 0.29) is 24.8 Å². The molecule has 0 saturated carbocycles. The number of hydrogen-bond acceptors (Lipinski definition) is 3. The second kappa shape index (κ2) is 7.91. The monoisotopic (exact) mass is 405 g/mol. The molecule has 0 aliphatic carbocycles. The molecule has 0 spiro atoms. The van der Waals surface area contributed by atoms with E-state index in [1.165, 1.54) is 4.90 Å². The minimum Gasteiger partial charge on any atom is -0.426 e. The second-order valence-corrected chi connectivity index (χ2v) is 7.88. The van der Waals surface area contributed by atoms with E-state index in [4.69, 9.17) is 27.9 Å². The number of hydrogen-bond donors (Lipinski definition) is 0. The van der Waals surface area contributed by atoms with Gasteiger partial charge < -0.3 is 9.64 Å². The van der Waals surface area contributed by atoms with Crippen molar-refractivity contribution in [3.05, 3.63) is 57.6 Å². The smallest absolute Gasteiger partial charge is 0.316 e. The maximum atomic E-state index is 12.7. The van der Waals surface area contributed by atoms with Crippen LogP contribution in [-0.4, -0.2) is 18.4 Å². The Morgan fingerprint density at radius 1 is 1.22 bits per heavy atom. The van der Waals surface area contributed by atoms with Crippen molar-refractivity contribution in [3.8, 4) is 5.75 Å². The summed E-state index contributed by atoms with van der Waals surface area (Å²) in [5.74, 6) is -0.346. The number of nitrogens with zero attached hydrogens (tertiary/aromatic N) is 1. The molecule has 0 radical (unpaired) electrons. The number of benzene rings is 2. The van der Waals surface area contributed by atoms with Crippen LogP contribution in [-0.2, 0) is 9.59 Å². The standard InChI is InChI=1S/C21H21Cl2NO3/c1-12(2)15-8-7-13(3)9-18(15)27-21(26)14-10-19(25)24(11-14)17-6-4-5-16(22)20(17)23/h4-9,12,14H,10-11H2,1-3H3/t14-/m0/s1. The number of carbonyl (C=O) groups is 2. The van der Waals surface area contributed by atoms with Gasteiger partial charge in [0.1, 0.15) is 5.75 Å². The molecule has 1 saturated heterocycles. The lowest BCUT2D eigenvalue weighted by molar-refractivity contribution is -0.139. The number of amides is 1. The highest BCUT2D eigenvalue weighted by atomic mass is 35.5. The molecule has 0 aromatic heterocycles. The van der Waals surface area contributed by atoms with Crippen LogP contribution in [0.2, 0.25) is 10.0 Å². The van der Waals surface area contributed by atoms with Gasteiger partial charge in [-0.3, -0.25) is 9.59 Å². The molecule has 3 rings (SSSR count). The third kappa shape index (κ3) is 4.12. The first-order valence-electron chi connectivity index (χ1n) is 8.84. The number of ether oxygens (including phenoxy) is 1. The van der Waals surface area contributed by atoms with Gasteiger partial charge >= 0.3 is 5.97 Å². The van der Waals surface area contributed by atoms with Crippen LogP contribution in [0.15, 0.2) is 36.4 Å². The number of rotatable bonds is 4. The van der Waals surface area contributed by atoms with Gasteiger partial charge in [0.2, 0.25) is 5.91 Å². The van der Waals surface area contributed by atoms with Crippen LogP contribution in [0.4, 0.5) is 5.69 Å². The normalized spacial score (nSPS) is 16.9. The fourth-order valence-electron chi connectivity index (χ4n) is 3.20. The highest BCUT2D eigenvalue weighted by Crippen LogP contribution is 2.36. The van der Waals surface area contributed by atoms with E-state index >= 15 is 0 Å². The molecule has 0 N–H and O–H groups in total. The molecular formula is C21H21Cl2NO3. The Morgan fingerprint density at radius 3 is 2.67 bits per heavy atom. The van der Waals surface area contributed by atoms with Crippen molar-refractivity contribution in [2.24, 2.45) is 5.92 Å². The number of esters is 1. The number of carbonyl (C=O) groups excluding carboxylic acids is 2. The molecule has 6 heteroatoms. The third-order valence-corrected chi connectivity index (χ3v) is 5.49. The first-order valence-corrected chi connectivity index (χ1v) is 9.60. The first kappa shape index (κ1) is 19.7. The average Bonchev–Trinajstić information content (AvgIpc) is 2.99. The van der Waals surface area contributed by atoms with Crippen LogP contribution >= 0.6 is 23.2 Å². The highest BCUT2D eigenvalue weighted by molar-refractivity contribution is 6.44. The molecule has 4 nitrogen and oxygen atoms in total. The van der Waals surface area contributed by atoms with Crippen molar-refractivity contribution in [2.75, 3.05) is 11.4 Å². The van der Waals surface area contributed by atoms with Gasteiger partial charge in [0.25, 0.3) is 0 Å². The molecule has 27 heavy (non-hydrogen) atoms. The maximum Gasteiger partial charge on any atom is 0.316 e. The third-order valence-electron chi connectivity index (χ3n) is 4.68. The van der Waals surface area contributed by atoms with Gasteiger partial charge in [0, 0.05) is 13.0 Å². The topological polar surface area (TPSA) is 46.6 Å². The van der Waals surface area contributed by atoms with Gasteiger partial charge in [-0.2, -0.15) is 0 Å². The highest BCUT2D eigenvalue weighted by Gasteiger charge is 2.37. The summed E-state index contributed by atoms with van der Waals surface area (Å²) in [6.45, 7) is 6.26. The summed E-state index contributed by atoms with van der Waals surface area (Å²) >= 11 is 12.3. The lowest BCUT2D eigenvalue weighted by atomic mass is 10.0. The van der Waals surface area contributed by atoms with Crippen molar-refractivity contribution in [3.63, 3.8) is 0 Å². The average molecular weight is 406 g/mol. The lowest BCUT2D eigenvalue weighted by Crippen LogP contribution is -2.27. The summed E-state index contributed by atoms with van der Waals surface area (Å²) in [6.07, 6.45) is 0.0878. The Morgan fingerprint density at radius 2 is 1.96 bits per heavy atom. The van der Waals surface area contributed by atoms with Crippen molar-refractivity contribution in [2.45, 2.75) is 33.1 Å². The Kier molecular flexibility index (Phi) is 5.78. The second-order valence-electron chi connectivity index (χ2n) is 7.10. The first-order chi connectivity index (χ1) is 12.8. The van der Waals surface area contributed by atoms with Gasteiger partial charge in [-0.15, -0.1) is 0 Å². The van der Waals surface area contributed by atoms with Crippen LogP contribution in [0.1, 0.15) is 37.3 Å². The van der Waals surface area contributed by atoms with Crippen molar-refractivity contribution >= 4 is 40.8 Å². The van der Waals surface area contributed by atoms with E-state index in [0.717, 1.165) is 11.1 Å². The Balaban J connectivity index is 1.79. The molecule has 1 aliphatic heterocycles.